The quantitative estimate of drug-likeness (QED) is 0.350. The van der Waals surface area contributed by atoms with Gasteiger partial charge < -0.3 is 19.5 Å². The van der Waals surface area contributed by atoms with E-state index in [1.54, 1.807) is 28.4 Å². The van der Waals surface area contributed by atoms with E-state index in [4.69, 9.17) is 9.72 Å². The number of carbonyl (C=O) groups excluding carboxylic acids is 2. The van der Waals surface area contributed by atoms with Crippen molar-refractivity contribution in [2.24, 2.45) is 7.05 Å². The highest BCUT2D eigenvalue weighted by Crippen LogP contribution is 2.24. The lowest BCUT2D eigenvalue weighted by molar-refractivity contribution is 0.0499. The molecule has 1 aliphatic rings. The summed E-state index contributed by atoms with van der Waals surface area (Å²) < 4.78 is 9.53. The number of nitrogens with one attached hydrogen (secondary N) is 1. The van der Waals surface area contributed by atoms with Crippen LogP contribution in [0.25, 0.3) is 11.2 Å². The summed E-state index contributed by atoms with van der Waals surface area (Å²) in [4.78, 5) is 58.9. The van der Waals surface area contributed by atoms with Gasteiger partial charge in [-0.2, -0.15) is 16.3 Å². The van der Waals surface area contributed by atoms with Crippen LogP contribution in [0.4, 0.5) is 10.7 Å². The molecule has 0 saturated carbocycles. The lowest BCUT2D eigenvalue weighted by Gasteiger charge is -2.34. The molecule has 3 aromatic rings. The molecule has 0 spiro atoms. The second-order valence-electron chi connectivity index (χ2n) is 11.1. The van der Waals surface area contributed by atoms with Crippen LogP contribution in [0.3, 0.4) is 0 Å². The summed E-state index contributed by atoms with van der Waals surface area (Å²) in [5, 5.41) is 6.42. The van der Waals surface area contributed by atoms with Gasteiger partial charge in [0.25, 0.3) is 5.56 Å². The van der Waals surface area contributed by atoms with Crippen LogP contribution in [0, 0.1) is 0 Å². The number of amides is 1. The van der Waals surface area contributed by atoms with E-state index in [9.17, 15) is 19.2 Å². The molecule has 0 aliphatic carbocycles. The molecule has 0 bridgehead atoms. The summed E-state index contributed by atoms with van der Waals surface area (Å²) in [7, 11) is 1.56. The van der Waals surface area contributed by atoms with Crippen LogP contribution >= 0.6 is 11.3 Å². The van der Waals surface area contributed by atoms with E-state index in [0.717, 1.165) is 23.0 Å². The van der Waals surface area contributed by atoms with Crippen molar-refractivity contribution in [3.63, 3.8) is 0 Å². The van der Waals surface area contributed by atoms with Crippen molar-refractivity contribution in [3.05, 3.63) is 54.9 Å². The Hall–Kier alpha value is -3.67. The molecule has 1 atom stereocenters. The van der Waals surface area contributed by atoms with E-state index in [1.807, 2.05) is 45.6 Å². The molecule has 1 saturated heterocycles. The Balaban J connectivity index is 1.75. The van der Waals surface area contributed by atoms with Crippen molar-refractivity contribution in [2.45, 2.75) is 72.2 Å². The number of rotatable bonds is 7. The second kappa shape index (κ2) is 11.2. The van der Waals surface area contributed by atoms with Crippen LogP contribution < -0.4 is 21.5 Å². The highest BCUT2D eigenvalue weighted by atomic mass is 32.1. The standard InChI is InChI=1S/C27H36N6O5S/c1-17(2)9-12-32-21-22(30(6)26(37)33(23(21)35)15-20(34)18-10-13-39-16-18)29-24(32)31-11-7-8-19(14-31)28-25(36)38-27(3,4)5/h9-10,13,16,19H,7-8,11-12,14-15H2,1-6H3,(H,28,36). The molecule has 210 valence electrons. The third-order valence-electron chi connectivity index (χ3n) is 6.46. The van der Waals surface area contributed by atoms with Crippen molar-refractivity contribution in [1.82, 2.24) is 24.0 Å². The second-order valence-corrected chi connectivity index (χ2v) is 11.9. The van der Waals surface area contributed by atoms with E-state index in [0.29, 0.717) is 31.1 Å². The number of aryl methyl sites for hydroxylation is 1. The maximum absolute atomic E-state index is 13.7. The first kappa shape index (κ1) is 28.3. The zero-order valence-corrected chi connectivity index (χ0v) is 24.1. The molecule has 1 N–H and O–H groups in total. The number of anilines is 1. The van der Waals surface area contributed by atoms with Gasteiger partial charge in [-0.3, -0.25) is 18.7 Å². The summed E-state index contributed by atoms with van der Waals surface area (Å²) in [5.41, 5.74) is 0.268. The van der Waals surface area contributed by atoms with Crippen molar-refractivity contribution in [3.8, 4) is 0 Å². The predicted molar refractivity (Wildman–Crippen MR) is 152 cm³/mol. The number of hydrogen-bond donors (Lipinski definition) is 1. The Labute approximate surface area is 230 Å². The summed E-state index contributed by atoms with van der Waals surface area (Å²) >= 11 is 1.38. The minimum absolute atomic E-state index is 0.172. The zero-order chi connectivity index (χ0) is 28.5. The Kier molecular flexibility index (Phi) is 8.15. The molecule has 3 aromatic heterocycles. The molecule has 4 heterocycles. The van der Waals surface area contributed by atoms with Gasteiger partial charge in [0.05, 0.1) is 6.54 Å². The Morgan fingerprint density at radius 2 is 1.97 bits per heavy atom. The van der Waals surface area contributed by atoms with Gasteiger partial charge in [0.2, 0.25) is 5.95 Å². The number of fused-ring (bicyclic) bond motifs is 1. The van der Waals surface area contributed by atoms with E-state index < -0.39 is 22.9 Å². The van der Waals surface area contributed by atoms with Crippen LogP contribution in [0.5, 0.6) is 0 Å². The fraction of sp³-hybridized carbons (Fsp3) is 0.519. The largest absolute Gasteiger partial charge is 0.444 e. The van der Waals surface area contributed by atoms with Gasteiger partial charge >= 0.3 is 11.8 Å². The van der Waals surface area contributed by atoms with Gasteiger partial charge in [0.1, 0.15) is 5.60 Å². The fourth-order valence-electron chi connectivity index (χ4n) is 4.60. The van der Waals surface area contributed by atoms with E-state index in [-0.39, 0.29) is 29.5 Å². The van der Waals surface area contributed by atoms with Crippen molar-refractivity contribution in [2.75, 3.05) is 18.0 Å². The van der Waals surface area contributed by atoms with Gasteiger partial charge in [0, 0.05) is 43.7 Å². The van der Waals surface area contributed by atoms with Crippen LogP contribution in [-0.4, -0.2) is 55.3 Å². The maximum atomic E-state index is 13.7. The lowest BCUT2D eigenvalue weighted by Crippen LogP contribution is -2.49. The molecule has 11 nitrogen and oxygen atoms in total. The third-order valence-corrected chi connectivity index (χ3v) is 7.15. The summed E-state index contributed by atoms with van der Waals surface area (Å²) in [6, 6.07) is 1.50. The van der Waals surface area contributed by atoms with E-state index >= 15 is 0 Å². The SMILES string of the molecule is CC(C)=CCn1c(N2CCCC(NC(=O)OC(C)(C)C)C2)nc2c1c(=O)n(CC(=O)c1ccsc1)c(=O)n2C. The number of ketones is 1. The first-order valence-electron chi connectivity index (χ1n) is 13.0. The zero-order valence-electron chi connectivity index (χ0n) is 23.3. The maximum Gasteiger partial charge on any atom is 0.407 e. The average molecular weight is 557 g/mol. The highest BCUT2D eigenvalue weighted by molar-refractivity contribution is 7.08. The topological polar surface area (TPSA) is 120 Å². The van der Waals surface area contributed by atoms with Crippen molar-refractivity contribution in [1.29, 1.82) is 0 Å². The molecule has 1 amide bonds. The number of piperidine rings is 1. The molecule has 0 radical (unpaired) electrons. The number of allylic oxidation sites excluding steroid dienone is 2. The summed E-state index contributed by atoms with van der Waals surface area (Å²) in [6.45, 7) is 10.5. The Morgan fingerprint density at radius 3 is 2.62 bits per heavy atom. The number of imidazole rings is 1. The number of hydrogen-bond acceptors (Lipinski definition) is 8. The van der Waals surface area contributed by atoms with Crippen LogP contribution in [0.1, 0.15) is 57.8 Å². The van der Waals surface area contributed by atoms with Gasteiger partial charge in [-0.15, -0.1) is 0 Å². The first-order valence-corrected chi connectivity index (χ1v) is 13.9. The summed E-state index contributed by atoms with van der Waals surface area (Å²) in [5.74, 6) is 0.227. The minimum Gasteiger partial charge on any atom is -0.444 e. The van der Waals surface area contributed by atoms with Crippen molar-refractivity contribution >= 4 is 40.3 Å². The predicted octanol–water partition coefficient (Wildman–Crippen LogP) is 3.30. The Morgan fingerprint density at radius 1 is 1.23 bits per heavy atom. The molecule has 39 heavy (non-hydrogen) atoms. The van der Waals surface area contributed by atoms with Crippen LogP contribution in [0.2, 0.25) is 0 Å². The highest BCUT2D eigenvalue weighted by Gasteiger charge is 2.29. The average Bonchev–Trinajstić information content (AvgIpc) is 3.51. The first-order chi connectivity index (χ1) is 18.4. The van der Waals surface area contributed by atoms with E-state index in [2.05, 4.69) is 5.32 Å². The number of Topliss-reactive ketones (excluding diaryl/α,β-unsaturated/α-hetero) is 1. The van der Waals surface area contributed by atoms with E-state index in [1.165, 1.54) is 15.9 Å². The lowest BCUT2D eigenvalue weighted by atomic mass is 10.1. The van der Waals surface area contributed by atoms with Gasteiger partial charge in [0.15, 0.2) is 16.9 Å². The third kappa shape index (κ3) is 6.32. The molecular weight excluding hydrogens is 520 g/mol. The Bertz CT molecular complexity index is 1520. The van der Waals surface area contributed by atoms with Gasteiger partial charge in [-0.1, -0.05) is 11.6 Å². The van der Waals surface area contributed by atoms with Gasteiger partial charge in [-0.25, -0.2) is 9.59 Å². The number of carbonyl (C=O) groups is 2. The van der Waals surface area contributed by atoms with Gasteiger partial charge in [-0.05, 0) is 58.9 Å². The van der Waals surface area contributed by atoms with Crippen molar-refractivity contribution < 1.29 is 14.3 Å². The number of aromatic nitrogens is 4. The molecule has 4 rings (SSSR count). The van der Waals surface area contributed by atoms with Crippen LogP contribution in [-0.2, 0) is 24.9 Å². The molecule has 1 unspecified atom stereocenters. The molecule has 1 aliphatic heterocycles. The molecule has 1 fully saturated rings. The molecule has 0 aromatic carbocycles. The summed E-state index contributed by atoms with van der Waals surface area (Å²) in [6.07, 6.45) is 3.08. The number of nitrogens with zero attached hydrogens (tertiary/aromatic N) is 5. The fourth-order valence-corrected chi connectivity index (χ4v) is 5.26. The smallest absolute Gasteiger partial charge is 0.407 e. The minimum atomic E-state index is -0.605. The van der Waals surface area contributed by atoms with Crippen LogP contribution in [0.15, 0.2) is 38.1 Å². The number of ether oxygens (including phenoxy) is 1. The molecular formula is C27H36N6O5S. The monoisotopic (exact) mass is 556 g/mol. The molecule has 12 heteroatoms. The number of thiophene rings is 1. The normalized spacial score (nSPS) is 15.8. The number of alkyl carbamates (subject to hydrolysis) is 1.